The van der Waals surface area contributed by atoms with Crippen molar-refractivity contribution in [1.29, 1.82) is 0 Å². The maximum Gasteiger partial charge on any atom is 0.0400 e. The van der Waals surface area contributed by atoms with Crippen molar-refractivity contribution in [3.63, 3.8) is 0 Å². The highest BCUT2D eigenvalue weighted by Gasteiger charge is 2.36. The van der Waals surface area contributed by atoms with E-state index in [9.17, 15) is 0 Å². The van der Waals surface area contributed by atoms with Crippen LogP contribution >= 0.6 is 15.8 Å². The normalized spacial score (nSPS) is 21.5. The molecule has 240 valence electrons. The summed E-state index contributed by atoms with van der Waals surface area (Å²) in [5.74, 6) is 0. The average Bonchev–Trinajstić information content (AvgIpc) is 3.11. The largest absolute Gasteiger partial charge is 0.398 e. The Balaban J connectivity index is 1.35. The SMILES string of the molecule is Nc1cccc(-c2ccccc2P(C2CCCCC2)C2CCCCC2)c1-c1ccccc1P(C1CCCCC1)C1CCCCC1. The van der Waals surface area contributed by atoms with Crippen LogP contribution in [0.3, 0.4) is 0 Å². The molecule has 4 fully saturated rings. The zero-order valence-corrected chi connectivity index (χ0v) is 29.6. The summed E-state index contributed by atoms with van der Waals surface area (Å²) in [5, 5.41) is 3.36. The molecule has 4 aliphatic rings. The first kappa shape index (κ1) is 31.9. The molecule has 0 heterocycles. The van der Waals surface area contributed by atoms with Crippen molar-refractivity contribution in [3.8, 4) is 22.3 Å². The molecule has 2 N–H and O–H groups in total. The van der Waals surface area contributed by atoms with E-state index >= 15 is 0 Å². The van der Waals surface area contributed by atoms with Gasteiger partial charge < -0.3 is 5.73 Å². The van der Waals surface area contributed by atoms with E-state index in [2.05, 4.69) is 66.7 Å². The molecule has 0 atom stereocenters. The van der Waals surface area contributed by atoms with E-state index in [0.29, 0.717) is 0 Å². The molecule has 0 saturated heterocycles. The summed E-state index contributed by atoms with van der Waals surface area (Å²) in [6, 6.07) is 26.2. The second kappa shape index (κ2) is 15.5. The third kappa shape index (κ3) is 7.12. The van der Waals surface area contributed by atoms with Crippen molar-refractivity contribution >= 4 is 32.1 Å². The summed E-state index contributed by atoms with van der Waals surface area (Å²) >= 11 is 0. The topological polar surface area (TPSA) is 26.0 Å². The van der Waals surface area contributed by atoms with Gasteiger partial charge in [-0.1, -0.05) is 154 Å². The van der Waals surface area contributed by atoms with Crippen molar-refractivity contribution in [1.82, 2.24) is 0 Å². The lowest BCUT2D eigenvalue weighted by molar-refractivity contribution is 0.487. The second-order valence-corrected chi connectivity index (χ2v) is 20.3. The fourth-order valence-electron chi connectivity index (χ4n) is 9.75. The molecule has 0 amide bonds. The predicted molar refractivity (Wildman–Crippen MR) is 202 cm³/mol. The van der Waals surface area contributed by atoms with Gasteiger partial charge in [-0.25, -0.2) is 0 Å². The summed E-state index contributed by atoms with van der Waals surface area (Å²) in [6.45, 7) is 0. The zero-order valence-electron chi connectivity index (χ0n) is 27.8. The number of rotatable bonds is 8. The van der Waals surface area contributed by atoms with Crippen LogP contribution in [0.15, 0.2) is 66.7 Å². The van der Waals surface area contributed by atoms with Crippen molar-refractivity contribution < 1.29 is 0 Å². The maximum absolute atomic E-state index is 7.14. The van der Waals surface area contributed by atoms with Gasteiger partial charge in [0.05, 0.1) is 0 Å². The number of nitrogen functional groups attached to an aromatic ring is 1. The van der Waals surface area contributed by atoms with Gasteiger partial charge in [-0.2, -0.15) is 0 Å². The first-order valence-electron chi connectivity index (χ1n) is 18.9. The Morgan fingerprint density at radius 3 is 1.18 bits per heavy atom. The quantitative estimate of drug-likeness (QED) is 0.193. The molecule has 0 unspecified atom stereocenters. The molecule has 1 nitrogen and oxygen atoms in total. The molecule has 0 spiro atoms. The van der Waals surface area contributed by atoms with Crippen molar-refractivity contribution in [2.24, 2.45) is 0 Å². The molecule has 3 aromatic rings. The first-order chi connectivity index (χ1) is 22.3. The fraction of sp³-hybridized carbons (Fsp3) is 0.571. The fourth-order valence-corrected chi connectivity index (χ4v) is 17.7. The third-order valence-electron chi connectivity index (χ3n) is 11.9. The smallest absolute Gasteiger partial charge is 0.0400 e. The van der Waals surface area contributed by atoms with Gasteiger partial charge in [0.25, 0.3) is 0 Å². The highest BCUT2D eigenvalue weighted by atomic mass is 31.1. The number of anilines is 1. The number of nitrogens with two attached hydrogens (primary N) is 1. The van der Waals surface area contributed by atoms with Gasteiger partial charge in [0, 0.05) is 11.3 Å². The molecular weight excluding hydrogens is 580 g/mol. The van der Waals surface area contributed by atoms with Gasteiger partial charge in [-0.15, -0.1) is 0 Å². The van der Waals surface area contributed by atoms with Gasteiger partial charge in [0.2, 0.25) is 0 Å². The van der Waals surface area contributed by atoms with E-state index < -0.39 is 0 Å². The first-order valence-corrected chi connectivity index (χ1v) is 21.9. The minimum atomic E-state index is -0.222. The van der Waals surface area contributed by atoms with Crippen molar-refractivity contribution in [3.05, 3.63) is 66.7 Å². The van der Waals surface area contributed by atoms with Crippen LogP contribution in [0.1, 0.15) is 128 Å². The van der Waals surface area contributed by atoms with Crippen molar-refractivity contribution in [2.45, 2.75) is 151 Å². The highest BCUT2D eigenvalue weighted by molar-refractivity contribution is 7.67. The number of benzene rings is 3. The Morgan fingerprint density at radius 1 is 0.378 bits per heavy atom. The Hall–Kier alpha value is -1.68. The summed E-state index contributed by atoms with van der Waals surface area (Å²) in [4.78, 5) is 0. The van der Waals surface area contributed by atoms with Gasteiger partial charge in [-0.05, 0) is 107 Å². The molecule has 0 aromatic heterocycles. The van der Waals surface area contributed by atoms with Crippen LogP contribution in [-0.2, 0) is 0 Å². The lowest BCUT2D eigenvalue weighted by Gasteiger charge is -2.40. The van der Waals surface area contributed by atoms with Crippen LogP contribution < -0.4 is 16.3 Å². The standard InChI is InChI=1S/C42H57NP2/c43-39-29-17-28-37(36-26-13-15-30-40(36)44(32-18-5-1-6-19-32)33-20-7-2-8-21-33)42(39)38-27-14-16-31-41(38)45(34-22-9-3-10-23-34)35-24-11-4-12-25-35/h13-17,26-35H,1-12,18-25,43H2. The Bertz CT molecular complexity index is 1340. The summed E-state index contributed by atoms with van der Waals surface area (Å²) in [5.41, 5.74) is 17.3. The Morgan fingerprint density at radius 2 is 0.733 bits per heavy atom. The van der Waals surface area contributed by atoms with Crippen LogP contribution in [-0.4, -0.2) is 22.6 Å². The van der Waals surface area contributed by atoms with Crippen LogP contribution in [0.2, 0.25) is 0 Å². The monoisotopic (exact) mass is 637 g/mol. The molecule has 3 heteroatoms. The molecule has 3 aromatic carbocycles. The zero-order chi connectivity index (χ0) is 30.4. The second-order valence-electron chi connectivity index (χ2n) is 14.8. The lowest BCUT2D eigenvalue weighted by Crippen LogP contribution is -2.28. The maximum atomic E-state index is 7.14. The molecule has 0 aliphatic heterocycles. The minimum Gasteiger partial charge on any atom is -0.398 e. The molecular formula is C42H57NP2. The Kier molecular flexibility index (Phi) is 11.0. The molecule has 7 rings (SSSR count). The van der Waals surface area contributed by atoms with Gasteiger partial charge >= 0.3 is 0 Å². The third-order valence-corrected chi connectivity index (χ3v) is 19.0. The Labute approximate surface area is 277 Å². The van der Waals surface area contributed by atoms with E-state index in [4.69, 9.17) is 5.73 Å². The predicted octanol–water partition coefficient (Wildman–Crippen LogP) is 12.1. The lowest BCUT2D eigenvalue weighted by atomic mass is 9.93. The van der Waals surface area contributed by atoms with Crippen LogP contribution in [0.5, 0.6) is 0 Å². The molecule has 45 heavy (non-hydrogen) atoms. The molecule has 4 saturated carbocycles. The minimum absolute atomic E-state index is 0.205. The molecule has 0 bridgehead atoms. The van der Waals surface area contributed by atoms with Gasteiger partial charge in [0.1, 0.15) is 0 Å². The number of hydrogen-bond donors (Lipinski definition) is 1. The van der Waals surface area contributed by atoms with E-state index in [1.807, 2.05) is 0 Å². The van der Waals surface area contributed by atoms with Crippen LogP contribution in [0.4, 0.5) is 5.69 Å². The van der Waals surface area contributed by atoms with Gasteiger partial charge in [-0.3, -0.25) is 0 Å². The summed E-state index contributed by atoms with van der Waals surface area (Å²) in [7, 11) is -0.427. The van der Waals surface area contributed by atoms with E-state index in [0.717, 1.165) is 28.3 Å². The molecule has 4 aliphatic carbocycles. The van der Waals surface area contributed by atoms with Gasteiger partial charge in [0.15, 0.2) is 0 Å². The summed E-state index contributed by atoms with van der Waals surface area (Å²) < 4.78 is 0. The van der Waals surface area contributed by atoms with E-state index in [1.165, 1.54) is 151 Å². The highest BCUT2D eigenvalue weighted by Crippen LogP contribution is 2.58. The molecule has 0 radical (unpaired) electrons. The number of hydrogen-bond acceptors (Lipinski definition) is 1. The van der Waals surface area contributed by atoms with E-state index in [1.54, 1.807) is 10.6 Å². The van der Waals surface area contributed by atoms with E-state index in [-0.39, 0.29) is 15.8 Å². The van der Waals surface area contributed by atoms with Crippen LogP contribution in [0, 0.1) is 0 Å². The van der Waals surface area contributed by atoms with Crippen molar-refractivity contribution in [2.75, 3.05) is 5.73 Å². The average molecular weight is 638 g/mol. The summed E-state index contributed by atoms with van der Waals surface area (Å²) in [6.07, 6.45) is 28.7. The van der Waals surface area contributed by atoms with Crippen LogP contribution in [0.25, 0.3) is 22.3 Å².